The number of carbonyl (C=O) groups excluding carboxylic acids is 1. The molecule has 1 fully saturated rings. The van der Waals surface area contributed by atoms with Crippen LogP contribution in [0.5, 0.6) is 0 Å². The molecule has 0 aliphatic carbocycles. The summed E-state index contributed by atoms with van der Waals surface area (Å²) in [6.45, 7) is 10.5. The summed E-state index contributed by atoms with van der Waals surface area (Å²) >= 11 is 0. The number of rotatable bonds is 6. The molecule has 0 bridgehead atoms. The number of anilines is 1. The maximum Gasteiger partial charge on any atom is 0.255 e. The second kappa shape index (κ2) is 10.4. The van der Waals surface area contributed by atoms with Crippen molar-refractivity contribution in [2.24, 2.45) is 0 Å². The molecule has 4 aromatic carbocycles. The maximum absolute atomic E-state index is 12.9. The second-order valence-corrected chi connectivity index (χ2v) is 9.69. The van der Waals surface area contributed by atoms with Gasteiger partial charge in [0.05, 0.1) is 0 Å². The lowest BCUT2D eigenvalue weighted by atomic mass is 10.1. The van der Waals surface area contributed by atoms with Crippen molar-refractivity contribution in [3.05, 3.63) is 113 Å². The fourth-order valence-corrected chi connectivity index (χ4v) is 4.81. The number of carbonyl (C=O) groups is 1. The van der Waals surface area contributed by atoms with Crippen LogP contribution in [0.25, 0.3) is 10.8 Å². The second-order valence-electron chi connectivity index (χ2n) is 9.69. The van der Waals surface area contributed by atoms with Crippen LogP contribution in [0.2, 0.25) is 0 Å². The van der Waals surface area contributed by atoms with Crippen LogP contribution < -0.4 is 5.32 Å². The molecule has 1 heterocycles. The minimum absolute atomic E-state index is 0.0761. The Morgan fingerprint density at radius 2 is 1.37 bits per heavy atom. The first kappa shape index (κ1) is 23.3. The molecular formula is C31H33N3O. The van der Waals surface area contributed by atoms with Gasteiger partial charge in [0.15, 0.2) is 0 Å². The Balaban J connectivity index is 1.16. The smallest absolute Gasteiger partial charge is 0.255 e. The van der Waals surface area contributed by atoms with Gasteiger partial charge in [0.1, 0.15) is 0 Å². The van der Waals surface area contributed by atoms with E-state index in [4.69, 9.17) is 0 Å². The van der Waals surface area contributed by atoms with Crippen LogP contribution in [0.1, 0.15) is 32.6 Å². The molecule has 0 spiro atoms. The Labute approximate surface area is 208 Å². The number of aryl methyl sites for hydroxylation is 2. The molecule has 1 N–H and O–H groups in total. The summed E-state index contributed by atoms with van der Waals surface area (Å²) in [5, 5.41) is 5.29. The van der Waals surface area contributed by atoms with Crippen molar-refractivity contribution in [3.63, 3.8) is 0 Å². The number of amides is 1. The third-order valence-corrected chi connectivity index (χ3v) is 7.05. The highest BCUT2D eigenvalue weighted by Gasteiger charge is 2.17. The van der Waals surface area contributed by atoms with Gasteiger partial charge in [-0.25, -0.2) is 0 Å². The van der Waals surface area contributed by atoms with E-state index in [9.17, 15) is 4.79 Å². The maximum atomic E-state index is 12.9. The summed E-state index contributed by atoms with van der Waals surface area (Å²) in [5.74, 6) is -0.0761. The fraction of sp³-hybridized carbons (Fsp3) is 0.258. The zero-order valence-electron chi connectivity index (χ0n) is 20.6. The van der Waals surface area contributed by atoms with E-state index in [1.165, 1.54) is 22.3 Å². The van der Waals surface area contributed by atoms with Crippen LogP contribution in [-0.4, -0.2) is 41.9 Å². The van der Waals surface area contributed by atoms with E-state index < -0.39 is 0 Å². The van der Waals surface area contributed by atoms with E-state index in [-0.39, 0.29) is 5.91 Å². The van der Waals surface area contributed by atoms with Crippen molar-refractivity contribution < 1.29 is 4.79 Å². The summed E-state index contributed by atoms with van der Waals surface area (Å²) in [4.78, 5) is 17.9. The minimum atomic E-state index is -0.0761. The predicted molar refractivity (Wildman–Crippen MR) is 145 cm³/mol. The van der Waals surface area contributed by atoms with E-state index in [1.54, 1.807) is 0 Å². The van der Waals surface area contributed by atoms with Crippen molar-refractivity contribution >= 4 is 22.4 Å². The highest BCUT2D eigenvalue weighted by Crippen LogP contribution is 2.19. The monoisotopic (exact) mass is 463 g/mol. The van der Waals surface area contributed by atoms with E-state index >= 15 is 0 Å². The number of hydrogen-bond donors (Lipinski definition) is 1. The van der Waals surface area contributed by atoms with Gasteiger partial charge in [-0.15, -0.1) is 0 Å². The molecule has 1 aliphatic rings. The molecule has 35 heavy (non-hydrogen) atoms. The third-order valence-electron chi connectivity index (χ3n) is 7.05. The molecule has 4 aromatic rings. The van der Waals surface area contributed by atoms with Crippen molar-refractivity contribution in [1.82, 2.24) is 9.80 Å². The van der Waals surface area contributed by atoms with Crippen LogP contribution in [0, 0.1) is 13.8 Å². The van der Waals surface area contributed by atoms with Crippen LogP contribution in [0.4, 0.5) is 5.69 Å². The normalized spacial score (nSPS) is 14.8. The minimum Gasteiger partial charge on any atom is -0.322 e. The Kier molecular flexibility index (Phi) is 6.94. The quantitative estimate of drug-likeness (QED) is 0.379. The van der Waals surface area contributed by atoms with Gasteiger partial charge in [-0.2, -0.15) is 0 Å². The number of fused-ring (bicyclic) bond motifs is 1. The average Bonchev–Trinajstić information content (AvgIpc) is 2.87. The molecule has 4 nitrogen and oxygen atoms in total. The predicted octanol–water partition coefficient (Wildman–Crippen LogP) is 6.03. The fourth-order valence-electron chi connectivity index (χ4n) is 4.81. The van der Waals surface area contributed by atoms with E-state index in [2.05, 4.69) is 65.4 Å². The van der Waals surface area contributed by atoms with Gasteiger partial charge >= 0.3 is 0 Å². The topological polar surface area (TPSA) is 35.6 Å². The summed E-state index contributed by atoms with van der Waals surface area (Å²) in [6.07, 6.45) is 0. The molecule has 0 radical (unpaired) electrons. The lowest BCUT2D eigenvalue weighted by Crippen LogP contribution is -2.45. The zero-order valence-corrected chi connectivity index (χ0v) is 20.6. The number of nitrogens with zero attached hydrogens (tertiary/aromatic N) is 2. The molecule has 4 heteroatoms. The van der Waals surface area contributed by atoms with Crippen molar-refractivity contribution in [3.8, 4) is 0 Å². The van der Waals surface area contributed by atoms with E-state index in [0.29, 0.717) is 5.56 Å². The summed E-state index contributed by atoms with van der Waals surface area (Å²) in [6, 6.07) is 29.0. The molecule has 0 unspecified atom stereocenters. The highest BCUT2D eigenvalue weighted by molar-refractivity contribution is 6.06. The number of benzene rings is 4. The Morgan fingerprint density at radius 1 is 0.686 bits per heavy atom. The van der Waals surface area contributed by atoms with Crippen LogP contribution in [0.3, 0.4) is 0 Å². The summed E-state index contributed by atoms with van der Waals surface area (Å²) in [7, 11) is 0. The molecule has 1 saturated heterocycles. The standard InChI is InChI=1S/C31H33N3O/c1-23-10-11-26(18-24(23)2)22-34-16-14-33(15-17-34)21-25-6-5-9-30(19-25)32-31(35)29-13-12-27-7-3-4-8-28(27)20-29/h3-13,18-20H,14-17,21-22H2,1-2H3,(H,32,35). The molecule has 0 saturated carbocycles. The molecule has 0 aromatic heterocycles. The molecule has 178 valence electrons. The lowest BCUT2D eigenvalue weighted by Gasteiger charge is -2.35. The Hall–Kier alpha value is -3.47. The molecular weight excluding hydrogens is 430 g/mol. The van der Waals surface area contributed by atoms with E-state index in [0.717, 1.165) is 55.7 Å². The SMILES string of the molecule is Cc1ccc(CN2CCN(Cc3cccc(NC(=O)c4ccc5ccccc5c4)c3)CC2)cc1C. The van der Waals surface area contributed by atoms with Crippen LogP contribution in [0.15, 0.2) is 84.9 Å². The molecule has 1 amide bonds. The summed E-state index contributed by atoms with van der Waals surface area (Å²) in [5.41, 5.74) is 6.87. The van der Waals surface area contributed by atoms with E-state index in [1.807, 2.05) is 48.5 Å². The first-order valence-corrected chi connectivity index (χ1v) is 12.4. The third kappa shape index (κ3) is 5.79. The first-order chi connectivity index (χ1) is 17.0. The van der Waals surface area contributed by atoms with Gasteiger partial charge in [0, 0.05) is 50.5 Å². The van der Waals surface area contributed by atoms with Gasteiger partial charge in [-0.1, -0.05) is 60.7 Å². The molecule has 5 rings (SSSR count). The zero-order chi connectivity index (χ0) is 24.2. The molecule has 1 aliphatic heterocycles. The average molecular weight is 464 g/mol. The van der Waals surface area contributed by atoms with Crippen LogP contribution >= 0.6 is 0 Å². The number of hydrogen-bond acceptors (Lipinski definition) is 3. The van der Waals surface area contributed by atoms with Gasteiger partial charge in [-0.3, -0.25) is 14.6 Å². The lowest BCUT2D eigenvalue weighted by molar-refractivity contribution is 0.102. The van der Waals surface area contributed by atoms with Gasteiger partial charge in [0.2, 0.25) is 0 Å². The number of piperazine rings is 1. The van der Waals surface area contributed by atoms with Gasteiger partial charge in [-0.05, 0) is 71.1 Å². The highest BCUT2D eigenvalue weighted by atomic mass is 16.1. The largest absolute Gasteiger partial charge is 0.322 e. The van der Waals surface area contributed by atoms with Gasteiger partial charge < -0.3 is 5.32 Å². The first-order valence-electron chi connectivity index (χ1n) is 12.4. The van der Waals surface area contributed by atoms with Crippen molar-refractivity contribution in [2.45, 2.75) is 26.9 Å². The van der Waals surface area contributed by atoms with Crippen molar-refractivity contribution in [1.29, 1.82) is 0 Å². The van der Waals surface area contributed by atoms with Gasteiger partial charge in [0.25, 0.3) is 5.91 Å². The Bertz CT molecular complexity index is 1340. The summed E-state index contributed by atoms with van der Waals surface area (Å²) < 4.78 is 0. The number of nitrogens with one attached hydrogen (secondary N) is 1. The van der Waals surface area contributed by atoms with Crippen LogP contribution in [-0.2, 0) is 13.1 Å². The van der Waals surface area contributed by atoms with Crippen molar-refractivity contribution in [2.75, 3.05) is 31.5 Å². The molecule has 0 atom stereocenters. The Morgan fingerprint density at radius 3 is 2.09 bits per heavy atom.